The van der Waals surface area contributed by atoms with E-state index in [-0.39, 0.29) is 16.9 Å². The van der Waals surface area contributed by atoms with E-state index in [0.29, 0.717) is 11.7 Å². The normalized spacial score (nSPS) is 31.5. The van der Waals surface area contributed by atoms with Gasteiger partial charge in [0.2, 0.25) is 0 Å². The molecule has 1 aromatic carbocycles. The number of benzene rings is 1. The van der Waals surface area contributed by atoms with Crippen LogP contribution in [0.4, 0.5) is 0 Å². The Morgan fingerprint density at radius 1 is 1.35 bits per heavy atom. The monoisotopic (exact) mass is 374 g/mol. The number of hydrogen-bond donors (Lipinski definition) is 1. The standard InChI is InChI=1S/C21H30N2O2S/c1-20(2)17-10-12-21(20,19(24)14-17)15-26(25)18(11-13-22-23(3)4)16-8-6-5-7-9-16/h5-9,11,13,17,19,24H,10,12,14-15H2,1-4H3/b18-11+,22-13+/t17-,19-,21-,26?/m1/s1. The summed E-state index contributed by atoms with van der Waals surface area (Å²) in [6, 6.07) is 9.85. The van der Waals surface area contributed by atoms with Crippen molar-refractivity contribution in [2.75, 3.05) is 19.8 Å². The second-order valence-corrected chi connectivity index (χ2v) is 9.78. The zero-order valence-corrected chi connectivity index (χ0v) is 17.0. The van der Waals surface area contributed by atoms with E-state index < -0.39 is 10.8 Å². The average Bonchev–Trinajstić information content (AvgIpc) is 2.93. The second-order valence-electron chi connectivity index (χ2n) is 8.36. The van der Waals surface area contributed by atoms with Gasteiger partial charge in [-0.15, -0.1) is 0 Å². The quantitative estimate of drug-likeness (QED) is 0.612. The molecule has 4 atom stereocenters. The molecule has 4 nitrogen and oxygen atoms in total. The van der Waals surface area contributed by atoms with E-state index in [1.165, 1.54) is 0 Å². The molecule has 1 aromatic rings. The fraction of sp³-hybridized carbons (Fsp3) is 0.571. The Hall–Kier alpha value is -1.46. The van der Waals surface area contributed by atoms with Crippen molar-refractivity contribution in [1.29, 1.82) is 0 Å². The fourth-order valence-electron chi connectivity index (χ4n) is 4.83. The minimum absolute atomic E-state index is 0.0294. The van der Waals surface area contributed by atoms with Crippen LogP contribution in [-0.2, 0) is 10.8 Å². The van der Waals surface area contributed by atoms with E-state index in [2.05, 4.69) is 18.9 Å². The van der Waals surface area contributed by atoms with Gasteiger partial charge in [-0.3, -0.25) is 4.21 Å². The molecular formula is C21H30N2O2S. The number of fused-ring (bicyclic) bond motifs is 2. The van der Waals surface area contributed by atoms with Crippen molar-refractivity contribution in [2.45, 2.75) is 39.2 Å². The van der Waals surface area contributed by atoms with Gasteiger partial charge < -0.3 is 10.1 Å². The first-order valence-electron chi connectivity index (χ1n) is 9.31. The molecule has 5 heteroatoms. The van der Waals surface area contributed by atoms with Gasteiger partial charge in [0.25, 0.3) is 0 Å². The van der Waals surface area contributed by atoms with Crippen molar-refractivity contribution in [3.8, 4) is 0 Å². The lowest BCUT2D eigenvalue weighted by atomic mass is 9.70. The van der Waals surface area contributed by atoms with Gasteiger partial charge >= 0.3 is 0 Å². The van der Waals surface area contributed by atoms with Gasteiger partial charge in [-0.25, -0.2) is 0 Å². The van der Waals surface area contributed by atoms with Crippen LogP contribution in [0.1, 0.15) is 38.7 Å². The van der Waals surface area contributed by atoms with E-state index >= 15 is 0 Å². The Kier molecular flexibility index (Phi) is 5.40. The molecule has 1 unspecified atom stereocenters. The first-order chi connectivity index (χ1) is 12.3. The number of aliphatic hydroxyl groups is 1. The Labute approximate surface area is 159 Å². The molecule has 0 aromatic heterocycles. The average molecular weight is 375 g/mol. The van der Waals surface area contributed by atoms with Crippen LogP contribution in [0.5, 0.6) is 0 Å². The Bertz CT molecular complexity index is 727. The summed E-state index contributed by atoms with van der Waals surface area (Å²) in [5.41, 5.74) is 0.726. The molecule has 0 saturated heterocycles. The topological polar surface area (TPSA) is 52.9 Å². The summed E-state index contributed by atoms with van der Waals surface area (Å²) in [6.07, 6.45) is 6.14. The summed E-state index contributed by atoms with van der Waals surface area (Å²) < 4.78 is 13.4. The maximum atomic E-state index is 13.4. The molecule has 2 fully saturated rings. The van der Waals surface area contributed by atoms with Gasteiger partial charge in [0.15, 0.2) is 0 Å². The molecule has 0 heterocycles. The van der Waals surface area contributed by atoms with Gasteiger partial charge in [0.05, 0.1) is 16.9 Å². The summed E-state index contributed by atoms with van der Waals surface area (Å²) >= 11 is 0. The molecule has 0 aliphatic heterocycles. The largest absolute Gasteiger partial charge is 0.392 e. The Balaban J connectivity index is 1.91. The highest BCUT2D eigenvalue weighted by atomic mass is 32.2. The minimum Gasteiger partial charge on any atom is -0.392 e. The summed E-state index contributed by atoms with van der Waals surface area (Å²) in [4.78, 5) is 0.781. The van der Waals surface area contributed by atoms with Crippen LogP contribution in [0.15, 0.2) is 41.5 Å². The van der Waals surface area contributed by atoms with Crippen LogP contribution in [-0.4, -0.2) is 46.5 Å². The number of rotatable bonds is 6. The van der Waals surface area contributed by atoms with Crippen LogP contribution in [0.2, 0.25) is 0 Å². The molecular weight excluding hydrogens is 344 g/mol. The van der Waals surface area contributed by atoms with Crippen molar-refractivity contribution in [1.82, 2.24) is 5.01 Å². The molecule has 3 rings (SSSR count). The Morgan fingerprint density at radius 3 is 2.58 bits per heavy atom. The fourth-order valence-corrected chi connectivity index (χ4v) is 6.78. The molecule has 0 radical (unpaired) electrons. The molecule has 2 bridgehead atoms. The third-order valence-corrected chi connectivity index (χ3v) is 8.24. The number of allylic oxidation sites excluding steroid dienone is 1. The van der Waals surface area contributed by atoms with E-state index in [9.17, 15) is 9.32 Å². The lowest BCUT2D eigenvalue weighted by Crippen LogP contribution is -2.43. The van der Waals surface area contributed by atoms with Crippen LogP contribution in [0.3, 0.4) is 0 Å². The molecule has 0 amide bonds. The lowest BCUT2D eigenvalue weighted by Gasteiger charge is -2.40. The zero-order chi connectivity index (χ0) is 18.9. The van der Waals surface area contributed by atoms with Crippen molar-refractivity contribution >= 4 is 21.9 Å². The minimum atomic E-state index is -1.20. The second kappa shape index (κ2) is 7.28. The molecule has 2 aliphatic carbocycles. The predicted octanol–water partition coefficient (Wildman–Crippen LogP) is 3.51. The first-order valence-corrected chi connectivity index (χ1v) is 10.6. The molecule has 26 heavy (non-hydrogen) atoms. The number of hydrogen-bond acceptors (Lipinski definition) is 4. The zero-order valence-electron chi connectivity index (χ0n) is 16.2. The highest BCUT2D eigenvalue weighted by Gasteiger charge is 2.64. The van der Waals surface area contributed by atoms with Gasteiger partial charge in [0, 0.05) is 36.4 Å². The summed E-state index contributed by atoms with van der Waals surface area (Å²) in [6.45, 7) is 4.50. The van der Waals surface area contributed by atoms with Crippen molar-refractivity contribution in [2.24, 2.45) is 21.8 Å². The molecule has 142 valence electrons. The maximum Gasteiger partial charge on any atom is 0.0613 e. The Morgan fingerprint density at radius 2 is 2.04 bits per heavy atom. The molecule has 2 aliphatic rings. The molecule has 0 spiro atoms. The third-order valence-electron chi connectivity index (χ3n) is 6.60. The van der Waals surface area contributed by atoms with Crippen LogP contribution in [0.25, 0.3) is 4.91 Å². The highest BCUT2D eigenvalue weighted by Crippen LogP contribution is 2.66. The van der Waals surface area contributed by atoms with E-state index in [1.54, 1.807) is 11.2 Å². The van der Waals surface area contributed by atoms with Gasteiger partial charge in [-0.1, -0.05) is 44.2 Å². The maximum absolute atomic E-state index is 13.4. The third kappa shape index (κ3) is 3.27. The predicted molar refractivity (Wildman–Crippen MR) is 109 cm³/mol. The highest BCUT2D eigenvalue weighted by molar-refractivity contribution is 7.94. The number of nitrogens with zero attached hydrogens (tertiary/aromatic N) is 2. The summed E-state index contributed by atoms with van der Waals surface area (Å²) in [5, 5.41) is 16.7. The lowest BCUT2D eigenvalue weighted by molar-refractivity contribution is 0.0162. The van der Waals surface area contributed by atoms with Gasteiger partial charge in [0.1, 0.15) is 0 Å². The van der Waals surface area contributed by atoms with Crippen molar-refractivity contribution < 1.29 is 9.32 Å². The van der Waals surface area contributed by atoms with Crippen LogP contribution < -0.4 is 0 Å². The number of hydrazone groups is 1. The van der Waals surface area contributed by atoms with Gasteiger partial charge in [-0.2, -0.15) is 5.10 Å². The smallest absolute Gasteiger partial charge is 0.0613 e. The van der Waals surface area contributed by atoms with E-state index in [1.807, 2.05) is 50.5 Å². The summed E-state index contributed by atoms with van der Waals surface area (Å²) in [7, 11) is 2.52. The number of aliphatic hydroxyl groups excluding tert-OH is 1. The van der Waals surface area contributed by atoms with Crippen LogP contribution in [0, 0.1) is 16.7 Å². The summed E-state index contributed by atoms with van der Waals surface area (Å²) in [5.74, 6) is 1.04. The molecule has 2 saturated carbocycles. The first kappa shape index (κ1) is 19.3. The van der Waals surface area contributed by atoms with Crippen molar-refractivity contribution in [3.63, 3.8) is 0 Å². The SMILES string of the molecule is CN(C)/N=C/C=C(\c1ccccc1)S(=O)C[C@]12CC[C@H](C[C@H]1O)C2(C)C. The van der Waals surface area contributed by atoms with E-state index in [4.69, 9.17) is 0 Å². The van der Waals surface area contributed by atoms with Gasteiger partial charge in [-0.05, 0) is 42.2 Å². The van der Waals surface area contributed by atoms with Crippen molar-refractivity contribution in [3.05, 3.63) is 42.0 Å². The molecule has 1 N–H and O–H groups in total. The van der Waals surface area contributed by atoms with Crippen LogP contribution >= 0.6 is 0 Å². The van der Waals surface area contributed by atoms with E-state index in [0.717, 1.165) is 29.7 Å².